The normalized spacial score (nSPS) is 11.2. The van der Waals surface area contributed by atoms with Crippen molar-refractivity contribution in [2.75, 3.05) is 0 Å². The lowest BCUT2D eigenvalue weighted by Crippen LogP contribution is -2.08. The van der Waals surface area contributed by atoms with Crippen molar-refractivity contribution in [3.05, 3.63) is 68.3 Å². The summed E-state index contributed by atoms with van der Waals surface area (Å²) in [5.41, 5.74) is 4.03. The summed E-state index contributed by atoms with van der Waals surface area (Å²) in [6.45, 7) is 8.65. The average molecular weight is 392 g/mol. The third kappa shape index (κ3) is 3.73. The smallest absolute Gasteiger partial charge is 0.193 e. The first-order valence-corrected chi connectivity index (χ1v) is 8.42. The van der Waals surface area contributed by atoms with E-state index in [1.54, 1.807) is 0 Å². The van der Waals surface area contributed by atoms with Crippen molar-refractivity contribution >= 4 is 28.4 Å². The fourth-order valence-corrected chi connectivity index (χ4v) is 2.95. The van der Waals surface area contributed by atoms with Crippen LogP contribution in [0.1, 0.15) is 66.6 Å². The van der Waals surface area contributed by atoms with E-state index in [1.807, 2.05) is 30.3 Å². The van der Waals surface area contributed by atoms with Crippen LogP contribution < -0.4 is 0 Å². The Morgan fingerprint density at radius 3 is 2.24 bits per heavy atom. The van der Waals surface area contributed by atoms with Crippen molar-refractivity contribution in [3.63, 3.8) is 0 Å². The number of hydrogen-bond acceptors (Lipinski definition) is 1. The summed E-state index contributed by atoms with van der Waals surface area (Å²) in [7, 11) is 0. The first-order chi connectivity index (χ1) is 9.90. The largest absolute Gasteiger partial charge is 0.289 e. The molecule has 0 radical (unpaired) electrons. The Hall–Kier alpha value is -1.16. The first-order valence-electron chi connectivity index (χ1n) is 7.34. The molecular formula is C19H21IO. The van der Waals surface area contributed by atoms with Crippen molar-refractivity contribution in [2.24, 2.45) is 0 Å². The fourth-order valence-electron chi connectivity index (χ4n) is 2.41. The molecule has 0 saturated carbocycles. The summed E-state index contributed by atoms with van der Waals surface area (Å²) in [5.74, 6) is 0.933. The maximum atomic E-state index is 12.8. The summed E-state index contributed by atoms with van der Waals surface area (Å²) in [5, 5.41) is 0. The molecule has 0 aromatic heterocycles. The zero-order valence-corrected chi connectivity index (χ0v) is 15.1. The van der Waals surface area contributed by atoms with Crippen molar-refractivity contribution in [2.45, 2.75) is 39.5 Å². The van der Waals surface area contributed by atoms with Crippen LogP contribution in [0.5, 0.6) is 0 Å². The molecule has 0 heterocycles. The van der Waals surface area contributed by atoms with Crippen LogP contribution in [0, 0.1) is 3.57 Å². The second kappa shape index (κ2) is 6.73. The first kappa shape index (κ1) is 16.2. The molecule has 0 bridgehead atoms. The van der Waals surface area contributed by atoms with E-state index in [4.69, 9.17) is 0 Å². The molecule has 0 amide bonds. The third-order valence-electron chi connectivity index (χ3n) is 3.70. The minimum atomic E-state index is 0.118. The van der Waals surface area contributed by atoms with Crippen LogP contribution in [-0.2, 0) is 0 Å². The van der Waals surface area contributed by atoms with Gasteiger partial charge >= 0.3 is 0 Å². The van der Waals surface area contributed by atoms with Crippen LogP contribution >= 0.6 is 22.6 Å². The monoisotopic (exact) mass is 392 g/mol. The van der Waals surface area contributed by atoms with Gasteiger partial charge in [0.25, 0.3) is 0 Å². The predicted octanol–water partition coefficient (Wildman–Crippen LogP) is 5.77. The van der Waals surface area contributed by atoms with Crippen LogP contribution in [0.15, 0.2) is 42.5 Å². The number of carbonyl (C=O) groups is 1. The van der Waals surface area contributed by atoms with Gasteiger partial charge < -0.3 is 0 Å². The Morgan fingerprint density at radius 2 is 1.67 bits per heavy atom. The van der Waals surface area contributed by atoms with Gasteiger partial charge in [-0.25, -0.2) is 0 Å². The molecule has 0 spiro atoms. The number of carbonyl (C=O) groups excluding carboxylic acids is 1. The van der Waals surface area contributed by atoms with Crippen LogP contribution in [0.3, 0.4) is 0 Å². The molecule has 0 aliphatic carbocycles. The Bertz CT molecular complexity index is 656. The highest BCUT2D eigenvalue weighted by Crippen LogP contribution is 2.27. The van der Waals surface area contributed by atoms with E-state index < -0.39 is 0 Å². The molecule has 2 rings (SSSR count). The molecule has 2 heteroatoms. The quantitative estimate of drug-likeness (QED) is 0.477. The molecule has 0 N–H and O–H groups in total. The van der Waals surface area contributed by atoms with Crippen molar-refractivity contribution in [3.8, 4) is 0 Å². The average Bonchev–Trinajstić information content (AvgIpc) is 2.45. The van der Waals surface area contributed by atoms with Crippen LogP contribution in [0.2, 0.25) is 0 Å². The zero-order chi connectivity index (χ0) is 15.6. The lowest BCUT2D eigenvalue weighted by atomic mass is 9.88. The van der Waals surface area contributed by atoms with Gasteiger partial charge in [0.1, 0.15) is 0 Å². The van der Waals surface area contributed by atoms with Gasteiger partial charge in [-0.1, -0.05) is 58.0 Å². The van der Waals surface area contributed by atoms with Gasteiger partial charge in [-0.05, 0) is 57.7 Å². The number of benzene rings is 2. The molecule has 0 aliphatic heterocycles. The summed E-state index contributed by atoms with van der Waals surface area (Å²) in [6, 6.07) is 14.0. The van der Waals surface area contributed by atoms with Crippen LogP contribution in [-0.4, -0.2) is 5.78 Å². The fraction of sp³-hybridized carbons (Fsp3) is 0.316. The SMILES string of the molecule is CC(C)c1ccc(C(=O)c2cccc(I)c2)c(C(C)C)c1. The maximum absolute atomic E-state index is 12.8. The molecule has 0 atom stereocenters. The second-order valence-electron chi connectivity index (χ2n) is 6.00. The van der Waals surface area contributed by atoms with Crippen LogP contribution in [0.25, 0.3) is 0 Å². The van der Waals surface area contributed by atoms with Gasteiger partial charge in [-0.3, -0.25) is 4.79 Å². The lowest BCUT2D eigenvalue weighted by molar-refractivity contribution is 0.103. The molecule has 0 fully saturated rings. The molecule has 1 nitrogen and oxygen atoms in total. The van der Waals surface area contributed by atoms with E-state index in [9.17, 15) is 4.79 Å². The Labute approximate surface area is 140 Å². The van der Waals surface area contributed by atoms with E-state index in [0.717, 1.165) is 20.3 Å². The predicted molar refractivity (Wildman–Crippen MR) is 97.2 cm³/mol. The van der Waals surface area contributed by atoms with Gasteiger partial charge in [0, 0.05) is 14.7 Å². The zero-order valence-electron chi connectivity index (χ0n) is 13.0. The summed E-state index contributed by atoms with van der Waals surface area (Å²) < 4.78 is 1.09. The number of rotatable bonds is 4. The summed E-state index contributed by atoms with van der Waals surface area (Å²) in [4.78, 5) is 12.8. The number of ketones is 1. The van der Waals surface area contributed by atoms with Crippen molar-refractivity contribution in [1.82, 2.24) is 0 Å². The van der Waals surface area contributed by atoms with E-state index in [1.165, 1.54) is 5.56 Å². The molecule has 2 aromatic rings. The van der Waals surface area contributed by atoms with Crippen molar-refractivity contribution in [1.29, 1.82) is 0 Å². The lowest BCUT2D eigenvalue weighted by Gasteiger charge is -2.16. The Balaban J connectivity index is 2.50. The molecule has 0 aliphatic rings. The van der Waals surface area contributed by atoms with Crippen molar-refractivity contribution < 1.29 is 4.79 Å². The molecule has 2 aromatic carbocycles. The van der Waals surface area contributed by atoms with Crippen LogP contribution in [0.4, 0.5) is 0 Å². The van der Waals surface area contributed by atoms with E-state index in [-0.39, 0.29) is 5.78 Å². The molecule has 0 saturated heterocycles. The highest BCUT2D eigenvalue weighted by atomic mass is 127. The van der Waals surface area contributed by atoms with Gasteiger partial charge in [-0.15, -0.1) is 0 Å². The highest BCUT2D eigenvalue weighted by molar-refractivity contribution is 14.1. The van der Waals surface area contributed by atoms with Gasteiger partial charge in [0.2, 0.25) is 0 Å². The van der Waals surface area contributed by atoms with Gasteiger partial charge in [0.15, 0.2) is 5.78 Å². The van der Waals surface area contributed by atoms with Gasteiger partial charge in [0.05, 0.1) is 0 Å². The Kier molecular flexibility index (Phi) is 5.20. The summed E-state index contributed by atoms with van der Waals surface area (Å²) >= 11 is 2.24. The highest BCUT2D eigenvalue weighted by Gasteiger charge is 2.17. The third-order valence-corrected chi connectivity index (χ3v) is 4.37. The standard InChI is InChI=1S/C19H21IO/c1-12(2)14-8-9-17(18(11-14)13(3)4)19(21)15-6-5-7-16(20)10-15/h5-13H,1-4H3. The second-order valence-corrected chi connectivity index (χ2v) is 7.24. The minimum Gasteiger partial charge on any atom is -0.289 e. The number of hydrogen-bond donors (Lipinski definition) is 0. The van der Waals surface area contributed by atoms with E-state index >= 15 is 0 Å². The summed E-state index contributed by atoms with van der Waals surface area (Å²) in [6.07, 6.45) is 0. The topological polar surface area (TPSA) is 17.1 Å². The number of halogens is 1. The molecule has 21 heavy (non-hydrogen) atoms. The molecule has 0 unspecified atom stereocenters. The van der Waals surface area contributed by atoms with E-state index in [2.05, 4.69) is 62.4 Å². The molecular weight excluding hydrogens is 371 g/mol. The van der Waals surface area contributed by atoms with Gasteiger partial charge in [-0.2, -0.15) is 0 Å². The molecule has 110 valence electrons. The minimum absolute atomic E-state index is 0.118. The van der Waals surface area contributed by atoms with E-state index in [0.29, 0.717) is 11.8 Å². The Morgan fingerprint density at radius 1 is 0.952 bits per heavy atom. The maximum Gasteiger partial charge on any atom is 0.193 e.